The second kappa shape index (κ2) is 10.8. The summed E-state index contributed by atoms with van der Waals surface area (Å²) in [5.74, 6) is -1.47. The van der Waals surface area contributed by atoms with Crippen molar-refractivity contribution in [3.63, 3.8) is 0 Å². The normalized spacial score (nSPS) is 17.1. The molecule has 0 radical (unpaired) electrons. The molecule has 11 nitrogen and oxygen atoms in total. The van der Waals surface area contributed by atoms with Crippen LogP contribution in [-0.4, -0.2) is 72.3 Å². The van der Waals surface area contributed by atoms with Crippen LogP contribution in [0, 0.1) is 10.1 Å². The third kappa shape index (κ3) is 4.85. The molecule has 0 unspecified atom stereocenters. The zero-order valence-electron chi connectivity index (χ0n) is 18.6. The molecule has 1 atom stereocenters. The second-order valence-electron chi connectivity index (χ2n) is 7.24. The van der Waals surface area contributed by atoms with E-state index in [0.29, 0.717) is 17.1 Å². The fourth-order valence-corrected chi connectivity index (χ4v) is 3.71. The first-order valence-electron chi connectivity index (χ1n) is 10.3. The van der Waals surface area contributed by atoms with Gasteiger partial charge in [0.1, 0.15) is 17.3 Å². The van der Waals surface area contributed by atoms with E-state index in [1.807, 2.05) is 0 Å². The molecule has 1 fully saturated rings. The number of non-ortho nitro benzene ring substituents is 1. The molecule has 3 rings (SSSR count). The number of likely N-dealkylation sites (tertiary alicyclic amines) is 1. The van der Waals surface area contributed by atoms with Gasteiger partial charge in [0, 0.05) is 29.8 Å². The molecule has 180 valence electrons. The van der Waals surface area contributed by atoms with E-state index in [-0.39, 0.29) is 43.2 Å². The highest BCUT2D eigenvalue weighted by molar-refractivity contribution is 6.46. The quantitative estimate of drug-likeness (QED) is 0.132. The van der Waals surface area contributed by atoms with Gasteiger partial charge >= 0.3 is 0 Å². The number of hydrogen-bond acceptors (Lipinski definition) is 9. The Morgan fingerprint density at radius 2 is 1.79 bits per heavy atom. The van der Waals surface area contributed by atoms with Crippen molar-refractivity contribution in [2.24, 2.45) is 0 Å². The van der Waals surface area contributed by atoms with Crippen LogP contribution in [0.3, 0.4) is 0 Å². The van der Waals surface area contributed by atoms with Gasteiger partial charge in [-0.1, -0.05) is 0 Å². The topological polar surface area (TPSA) is 149 Å². The molecule has 0 aliphatic carbocycles. The predicted molar refractivity (Wildman–Crippen MR) is 120 cm³/mol. The van der Waals surface area contributed by atoms with Crippen molar-refractivity contribution < 1.29 is 38.9 Å². The monoisotopic (exact) mass is 472 g/mol. The summed E-state index contributed by atoms with van der Waals surface area (Å²) in [4.78, 5) is 37.6. The fourth-order valence-electron chi connectivity index (χ4n) is 3.71. The first-order chi connectivity index (χ1) is 16.3. The molecular formula is C23H24N2O9. The summed E-state index contributed by atoms with van der Waals surface area (Å²) in [5, 5.41) is 31.0. The summed E-state index contributed by atoms with van der Waals surface area (Å²) in [7, 11) is 2.89. The van der Waals surface area contributed by atoms with E-state index >= 15 is 0 Å². The first-order valence-corrected chi connectivity index (χ1v) is 10.3. The molecule has 0 aromatic heterocycles. The summed E-state index contributed by atoms with van der Waals surface area (Å²) in [6.45, 7) is -0.119. The Morgan fingerprint density at radius 3 is 2.38 bits per heavy atom. The summed E-state index contributed by atoms with van der Waals surface area (Å²) in [6, 6.07) is 8.79. The number of aliphatic hydroxyl groups excluding tert-OH is 2. The lowest BCUT2D eigenvalue weighted by Crippen LogP contribution is -2.33. The number of aliphatic hydroxyl groups is 2. The average molecular weight is 472 g/mol. The molecule has 0 spiro atoms. The predicted octanol–water partition coefficient (Wildman–Crippen LogP) is 2.04. The number of ether oxygens (including phenoxy) is 3. The van der Waals surface area contributed by atoms with E-state index < -0.39 is 28.4 Å². The van der Waals surface area contributed by atoms with Crippen molar-refractivity contribution >= 4 is 23.1 Å². The molecule has 0 saturated carbocycles. The third-order valence-corrected chi connectivity index (χ3v) is 5.34. The number of benzene rings is 2. The fraction of sp³-hybridized carbons (Fsp3) is 0.304. The molecule has 1 saturated heterocycles. The first kappa shape index (κ1) is 24.7. The minimum Gasteiger partial charge on any atom is -0.507 e. The van der Waals surface area contributed by atoms with Crippen LogP contribution < -0.4 is 9.47 Å². The zero-order valence-corrected chi connectivity index (χ0v) is 18.6. The maximum Gasteiger partial charge on any atom is 0.295 e. The number of methoxy groups -OCH3 is 2. The van der Waals surface area contributed by atoms with Crippen LogP contribution in [0.1, 0.15) is 17.2 Å². The van der Waals surface area contributed by atoms with Gasteiger partial charge in [-0.3, -0.25) is 19.7 Å². The Morgan fingerprint density at radius 1 is 1.09 bits per heavy atom. The van der Waals surface area contributed by atoms with E-state index in [2.05, 4.69) is 0 Å². The average Bonchev–Trinajstić information content (AvgIpc) is 3.10. The Kier molecular flexibility index (Phi) is 7.82. The number of nitrogens with zero attached hydrogens (tertiary/aromatic N) is 2. The number of rotatable bonds is 10. The van der Waals surface area contributed by atoms with E-state index in [1.165, 1.54) is 43.4 Å². The molecular weight excluding hydrogens is 448 g/mol. The van der Waals surface area contributed by atoms with Crippen LogP contribution in [0.4, 0.5) is 5.69 Å². The number of amides is 1. The number of nitro groups is 1. The van der Waals surface area contributed by atoms with Gasteiger partial charge in [0.05, 0.1) is 50.6 Å². The lowest BCUT2D eigenvalue weighted by molar-refractivity contribution is -0.384. The van der Waals surface area contributed by atoms with Gasteiger partial charge < -0.3 is 29.3 Å². The maximum atomic E-state index is 13.1. The minimum atomic E-state index is -1.04. The van der Waals surface area contributed by atoms with Crippen molar-refractivity contribution in [3.8, 4) is 11.5 Å². The highest BCUT2D eigenvalue weighted by Crippen LogP contribution is 2.43. The van der Waals surface area contributed by atoms with Crippen LogP contribution in [0.15, 0.2) is 48.0 Å². The van der Waals surface area contributed by atoms with Gasteiger partial charge in [-0.15, -0.1) is 0 Å². The van der Waals surface area contributed by atoms with Crippen molar-refractivity contribution in [3.05, 3.63) is 69.3 Å². The van der Waals surface area contributed by atoms with Gasteiger partial charge in [0.25, 0.3) is 17.4 Å². The van der Waals surface area contributed by atoms with Crippen LogP contribution >= 0.6 is 0 Å². The van der Waals surface area contributed by atoms with E-state index in [9.17, 15) is 24.8 Å². The lowest BCUT2D eigenvalue weighted by Gasteiger charge is -2.26. The number of nitro benzene ring substituents is 1. The van der Waals surface area contributed by atoms with Crippen molar-refractivity contribution in [1.82, 2.24) is 4.90 Å². The molecule has 34 heavy (non-hydrogen) atoms. The van der Waals surface area contributed by atoms with Gasteiger partial charge in [-0.05, 0) is 30.3 Å². The van der Waals surface area contributed by atoms with Gasteiger partial charge in [0.15, 0.2) is 0 Å². The SMILES string of the molecule is COc1ccc(OC)c([C@H]2/C(=C(\O)c3ccc([N+](=O)[O-])cc3)C(=O)C(=O)N2CCOCCO)c1. The molecule has 0 bridgehead atoms. The van der Waals surface area contributed by atoms with Crippen LogP contribution in [0.5, 0.6) is 11.5 Å². The number of ketones is 1. The summed E-state index contributed by atoms with van der Waals surface area (Å²) in [5.41, 5.74) is 0.135. The second-order valence-corrected chi connectivity index (χ2v) is 7.24. The summed E-state index contributed by atoms with van der Waals surface area (Å²) >= 11 is 0. The largest absolute Gasteiger partial charge is 0.507 e. The molecule has 11 heteroatoms. The highest BCUT2D eigenvalue weighted by Gasteiger charge is 2.47. The number of Topliss-reactive ketones (excluding diaryl/α,β-unsaturated/α-hetero) is 1. The van der Waals surface area contributed by atoms with Crippen LogP contribution in [-0.2, 0) is 14.3 Å². The lowest BCUT2D eigenvalue weighted by atomic mass is 9.94. The Balaban J connectivity index is 2.16. The van der Waals surface area contributed by atoms with Crippen molar-refractivity contribution in [2.75, 3.05) is 40.6 Å². The summed E-state index contributed by atoms with van der Waals surface area (Å²) < 4.78 is 16.0. The third-order valence-electron chi connectivity index (χ3n) is 5.34. The van der Waals surface area contributed by atoms with E-state index in [4.69, 9.17) is 19.3 Å². The Labute approximate surface area is 194 Å². The number of hydrogen-bond donors (Lipinski definition) is 2. The van der Waals surface area contributed by atoms with Crippen molar-refractivity contribution in [1.29, 1.82) is 0 Å². The molecule has 1 amide bonds. The number of carbonyl (C=O) groups is 2. The Hall–Kier alpha value is -3.96. The van der Waals surface area contributed by atoms with E-state index in [1.54, 1.807) is 18.2 Å². The van der Waals surface area contributed by atoms with Gasteiger partial charge in [-0.2, -0.15) is 0 Å². The highest BCUT2D eigenvalue weighted by atomic mass is 16.6. The minimum absolute atomic E-state index is 0.00730. The molecule has 2 aromatic carbocycles. The molecule has 1 aliphatic heterocycles. The van der Waals surface area contributed by atoms with Gasteiger partial charge in [-0.25, -0.2) is 0 Å². The molecule has 2 aromatic rings. The molecule has 1 heterocycles. The maximum absolute atomic E-state index is 13.1. The van der Waals surface area contributed by atoms with Gasteiger partial charge in [0.2, 0.25) is 0 Å². The molecule has 2 N–H and O–H groups in total. The van der Waals surface area contributed by atoms with E-state index in [0.717, 1.165) is 0 Å². The standard InChI is InChI=1S/C23H24N2O9/c1-32-16-7-8-18(33-2)17(13-16)20-19(21(27)14-3-5-15(6-4-14)25(30)31)22(28)23(29)24(20)9-11-34-12-10-26/h3-8,13,20,26-27H,9-12H2,1-2H3/b21-19+/t20-/m0/s1. The van der Waals surface area contributed by atoms with Crippen molar-refractivity contribution in [2.45, 2.75) is 6.04 Å². The number of carbonyl (C=O) groups excluding carboxylic acids is 2. The summed E-state index contributed by atoms with van der Waals surface area (Å²) in [6.07, 6.45) is 0. The van der Waals surface area contributed by atoms with Crippen LogP contribution in [0.2, 0.25) is 0 Å². The smallest absolute Gasteiger partial charge is 0.295 e. The Bertz CT molecular complexity index is 1110. The zero-order chi connectivity index (χ0) is 24.8. The molecule has 1 aliphatic rings. The van der Waals surface area contributed by atoms with Crippen LogP contribution in [0.25, 0.3) is 5.76 Å².